The molecule has 1 aromatic carbocycles. The standard InChI is InChI=1S/C36H50FN4O14P/c1-20(2)29(38-34(46)53-25-16-23-13-15-49-26(23)17-25)32(45)50-19-41-28(42)12-14-40(35(41)47)33-36(6,37)30(43)27(54-33)18-51-56(48,55-24-10-8-7-9-11-24)39-22(5)31(44)52-21(3)4/h7-12,14,20-23,25-27,29-30,33,43H,13,15-19H2,1-6H3,(H,38,46)(H,39,48)/t22-,23?,25?,26?,27+,29-,30+,33+,36+,56?/m0/s1. The van der Waals surface area contributed by atoms with Crippen LogP contribution >= 0.6 is 7.75 Å². The summed E-state index contributed by atoms with van der Waals surface area (Å²) in [5.41, 5.74) is -4.76. The van der Waals surface area contributed by atoms with Crippen LogP contribution in [0.1, 0.15) is 67.0 Å². The van der Waals surface area contributed by atoms with Crippen LogP contribution in [0, 0.1) is 11.8 Å². The normalized spacial score (nSPS) is 28.0. The van der Waals surface area contributed by atoms with Gasteiger partial charge < -0.3 is 38.6 Å². The number of nitrogens with one attached hydrogen (secondary N) is 2. The summed E-state index contributed by atoms with van der Waals surface area (Å²) in [5.74, 6) is -1.79. The Morgan fingerprint density at radius 1 is 1.07 bits per heavy atom. The number of carbonyl (C=O) groups excluding carboxylic acids is 3. The average molecular weight is 813 g/mol. The fraction of sp³-hybridized carbons (Fsp3) is 0.639. The number of alkyl halides is 1. The summed E-state index contributed by atoms with van der Waals surface area (Å²) in [5, 5.41) is 16.0. The maximum Gasteiger partial charge on any atom is 0.459 e. The first-order valence-electron chi connectivity index (χ1n) is 18.5. The van der Waals surface area contributed by atoms with Gasteiger partial charge in [0.25, 0.3) is 5.56 Å². The van der Waals surface area contributed by atoms with Gasteiger partial charge in [-0.25, -0.2) is 27.9 Å². The number of alkyl carbamates (subject to hydrolysis) is 1. The molecule has 310 valence electrons. The Hall–Kier alpha value is -4.13. The zero-order valence-electron chi connectivity index (χ0n) is 32.0. The molecule has 2 saturated heterocycles. The third kappa shape index (κ3) is 10.2. The highest BCUT2D eigenvalue weighted by atomic mass is 31.2. The number of esters is 2. The second kappa shape index (κ2) is 18.0. The van der Waals surface area contributed by atoms with Crippen molar-refractivity contribution < 1.29 is 61.2 Å². The number of nitrogens with zero attached hydrogens (tertiary/aromatic N) is 2. The average Bonchev–Trinajstić information content (AvgIpc) is 3.78. The van der Waals surface area contributed by atoms with Gasteiger partial charge >= 0.3 is 31.5 Å². The molecule has 2 aromatic rings. The van der Waals surface area contributed by atoms with Crippen LogP contribution in [0.4, 0.5) is 9.18 Å². The van der Waals surface area contributed by atoms with E-state index >= 15 is 4.39 Å². The van der Waals surface area contributed by atoms with Crippen molar-refractivity contribution in [3.8, 4) is 5.75 Å². The summed E-state index contributed by atoms with van der Waals surface area (Å²) >= 11 is 0. The van der Waals surface area contributed by atoms with Gasteiger partial charge in [-0.15, -0.1) is 0 Å². The van der Waals surface area contributed by atoms with Crippen LogP contribution in [-0.4, -0.2) is 93.8 Å². The Morgan fingerprint density at radius 2 is 1.79 bits per heavy atom. The first kappa shape index (κ1) is 43.0. The summed E-state index contributed by atoms with van der Waals surface area (Å²) < 4.78 is 69.9. The Balaban J connectivity index is 1.25. The van der Waals surface area contributed by atoms with Crippen LogP contribution in [0.5, 0.6) is 5.75 Å². The lowest BCUT2D eigenvalue weighted by Gasteiger charge is -2.26. The summed E-state index contributed by atoms with van der Waals surface area (Å²) in [4.78, 5) is 64.7. The molecule has 4 unspecified atom stereocenters. The summed E-state index contributed by atoms with van der Waals surface area (Å²) in [6, 6.07) is 6.36. The summed E-state index contributed by atoms with van der Waals surface area (Å²) in [6.45, 7) is 7.90. The predicted octanol–water partition coefficient (Wildman–Crippen LogP) is 2.95. The minimum atomic E-state index is -4.45. The molecule has 3 N–H and O–H groups in total. The molecule has 0 bridgehead atoms. The van der Waals surface area contributed by atoms with Crippen LogP contribution in [-0.2, 0) is 49.1 Å². The fourth-order valence-electron chi connectivity index (χ4n) is 6.73. The molecule has 10 atom stereocenters. The van der Waals surface area contributed by atoms with Crippen molar-refractivity contribution in [2.45, 2.75) is 122 Å². The first-order chi connectivity index (χ1) is 26.4. The van der Waals surface area contributed by atoms with Crippen molar-refractivity contribution in [2.75, 3.05) is 13.2 Å². The maximum absolute atomic E-state index is 16.3. The number of ether oxygens (including phenoxy) is 5. The van der Waals surface area contributed by atoms with Crippen molar-refractivity contribution in [1.82, 2.24) is 19.5 Å². The van der Waals surface area contributed by atoms with Gasteiger partial charge in [0.15, 0.2) is 18.6 Å². The molecule has 1 aliphatic carbocycles. The first-order valence-corrected chi connectivity index (χ1v) is 20.0. The molecule has 0 radical (unpaired) electrons. The molecule has 3 fully saturated rings. The molecule has 1 aromatic heterocycles. The van der Waals surface area contributed by atoms with Gasteiger partial charge in [0.2, 0.25) is 0 Å². The van der Waals surface area contributed by atoms with Crippen LogP contribution in [0.3, 0.4) is 0 Å². The highest BCUT2D eigenvalue weighted by Crippen LogP contribution is 2.47. The number of amides is 1. The van der Waals surface area contributed by atoms with E-state index in [9.17, 15) is 33.6 Å². The molecule has 20 heteroatoms. The van der Waals surface area contributed by atoms with Crippen LogP contribution in [0.25, 0.3) is 0 Å². The lowest BCUT2D eigenvalue weighted by Crippen LogP contribution is -2.48. The second-order valence-electron chi connectivity index (χ2n) is 14.8. The van der Waals surface area contributed by atoms with E-state index < -0.39 is 98.6 Å². The molecular weight excluding hydrogens is 762 g/mol. The summed E-state index contributed by atoms with van der Waals surface area (Å²) in [7, 11) is -4.45. The Kier molecular flexibility index (Phi) is 13.8. The predicted molar refractivity (Wildman–Crippen MR) is 194 cm³/mol. The van der Waals surface area contributed by atoms with Crippen LogP contribution in [0.15, 0.2) is 52.2 Å². The number of para-hydroxylation sites is 1. The molecule has 5 rings (SSSR count). The van der Waals surface area contributed by atoms with Crippen molar-refractivity contribution in [2.24, 2.45) is 11.8 Å². The number of aliphatic hydroxyl groups is 1. The number of benzene rings is 1. The molecule has 2 aliphatic heterocycles. The lowest BCUT2D eigenvalue weighted by molar-refractivity contribution is -0.151. The quantitative estimate of drug-likeness (QED) is 0.126. The van der Waals surface area contributed by atoms with Gasteiger partial charge in [0.1, 0.15) is 36.1 Å². The topological polar surface area (TPSA) is 221 Å². The number of aromatic nitrogens is 2. The molecule has 3 aliphatic rings. The highest BCUT2D eigenvalue weighted by molar-refractivity contribution is 7.52. The fourth-order valence-corrected chi connectivity index (χ4v) is 8.23. The van der Waals surface area contributed by atoms with Crippen LogP contribution < -0.4 is 26.2 Å². The van der Waals surface area contributed by atoms with Gasteiger partial charge in [-0.1, -0.05) is 32.0 Å². The Labute approximate surface area is 322 Å². The third-order valence-electron chi connectivity index (χ3n) is 9.71. The van der Waals surface area contributed by atoms with Gasteiger partial charge in [-0.05, 0) is 64.5 Å². The third-order valence-corrected chi connectivity index (χ3v) is 11.4. The highest BCUT2D eigenvalue weighted by Gasteiger charge is 2.56. The van der Waals surface area contributed by atoms with E-state index in [2.05, 4.69) is 10.4 Å². The Morgan fingerprint density at radius 3 is 2.45 bits per heavy atom. The summed E-state index contributed by atoms with van der Waals surface area (Å²) in [6.07, 6.45) is -3.96. The molecule has 0 spiro atoms. The minimum Gasteiger partial charge on any atom is -0.462 e. The molecule has 3 heterocycles. The zero-order chi connectivity index (χ0) is 40.9. The number of fused-ring (bicyclic) bond motifs is 1. The molecular formula is C36H50FN4O14P. The van der Waals surface area contributed by atoms with E-state index in [0.717, 1.165) is 25.6 Å². The molecule has 18 nitrogen and oxygen atoms in total. The van der Waals surface area contributed by atoms with Gasteiger partial charge in [-0.3, -0.25) is 18.7 Å². The minimum absolute atomic E-state index is 0.0388. The van der Waals surface area contributed by atoms with E-state index in [1.54, 1.807) is 45.9 Å². The number of rotatable bonds is 16. The molecule has 56 heavy (non-hydrogen) atoms. The number of halogens is 1. The van der Waals surface area contributed by atoms with E-state index in [-0.39, 0.29) is 18.0 Å². The van der Waals surface area contributed by atoms with Gasteiger partial charge in [0, 0.05) is 25.3 Å². The number of carbonyl (C=O) groups is 3. The number of hydrogen-bond donors (Lipinski definition) is 3. The van der Waals surface area contributed by atoms with E-state index in [1.165, 1.54) is 19.1 Å². The number of aliphatic hydroxyl groups excluding tert-OH is 1. The monoisotopic (exact) mass is 812 g/mol. The Bertz CT molecular complexity index is 1860. The SMILES string of the molecule is CC(C)OC(=O)[C@H](C)NP(=O)(OC[C@H]1O[C@@H](n2ccc(=O)n(COC(=O)[C@@H](NC(=O)OC3CC4CCOC4C3)C(C)C)c2=O)[C@](C)(F)[C@@H]1O)Oc1ccccc1. The van der Waals surface area contributed by atoms with Crippen molar-refractivity contribution >= 4 is 25.8 Å². The van der Waals surface area contributed by atoms with E-state index in [1.807, 2.05) is 0 Å². The number of hydrogen-bond acceptors (Lipinski definition) is 14. The van der Waals surface area contributed by atoms with E-state index in [4.69, 9.17) is 32.7 Å². The maximum atomic E-state index is 16.3. The lowest BCUT2D eigenvalue weighted by atomic mass is 9.98. The smallest absolute Gasteiger partial charge is 0.459 e. The van der Waals surface area contributed by atoms with Crippen LogP contribution in [0.2, 0.25) is 0 Å². The van der Waals surface area contributed by atoms with Gasteiger partial charge in [-0.2, -0.15) is 5.09 Å². The van der Waals surface area contributed by atoms with Crippen molar-refractivity contribution in [3.63, 3.8) is 0 Å². The zero-order valence-corrected chi connectivity index (χ0v) is 32.9. The van der Waals surface area contributed by atoms with E-state index in [0.29, 0.717) is 34.5 Å². The molecule has 1 amide bonds. The second-order valence-corrected chi connectivity index (χ2v) is 16.5. The largest absolute Gasteiger partial charge is 0.462 e. The van der Waals surface area contributed by atoms with Crippen molar-refractivity contribution in [1.29, 1.82) is 0 Å². The molecule has 1 saturated carbocycles. The van der Waals surface area contributed by atoms with Crippen molar-refractivity contribution in [3.05, 3.63) is 63.4 Å². The van der Waals surface area contributed by atoms with Gasteiger partial charge in [0.05, 0.1) is 18.8 Å².